The topological polar surface area (TPSA) is 230 Å². The Balaban J connectivity index is 1.71. The fourth-order valence-corrected chi connectivity index (χ4v) is 5.05. The van der Waals surface area contributed by atoms with Crippen molar-refractivity contribution in [2.24, 2.45) is 11.5 Å². The molecule has 4 unspecified atom stereocenters. The molecule has 0 bridgehead atoms. The number of para-hydroxylation sites is 1. The number of fused-ring (bicyclic) bond motifs is 1. The van der Waals surface area contributed by atoms with Crippen molar-refractivity contribution in [1.29, 1.82) is 0 Å². The van der Waals surface area contributed by atoms with Gasteiger partial charge in [-0.05, 0) is 60.6 Å². The number of phenolic OH excluding ortho intramolecular Hbond substituents is 1. The molecule has 10 N–H and O–H groups in total. The van der Waals surface area contributed by atoms with Crippen molar-refractivity contribution in [1.82, 2.24) is 20.9 Å². The summed E-state index contributed by atoms with van der Waals surface area (Å²) in [6.07, 6.45) is 3.44. The molecular weight excluding hydrogens is 588 g/mol. The number of carboxylic acid groups (broad SMARTS) is 1. The third-order valence-corrected chi connectivity index (χ3v) is 7.64. The number of aromatic nitrogens is 1. The van der Waals surface area contributed by atoms with Crippen LogP contribution in [0.2, 0.25) is 0 Å². The zero-order valence-corrected chi connectivity index (χ0v) is 25.1. The number of amides is 4. The molecule has 4 amide bonds. The van der Waals surface area contributed by atoms with Gasteiger partial charge in [0.15, 0.2) is 0 Å². The van der Waals surface area contributed by atoms with E-state index in [9.17, 15) is 34.2 Å². The molecule has 0 fully saturated rings. The summed E-state index contributed by atoms with van der Waals surface area (Å²) < 4.78 is 0. The number of phenols is 1. The van der Waals surface area contributed by atoms with Crippen molar-refractivity contribution in [3.8, 4) is 5.75 Å². The van der Waals surface area contributed by atoms with Crippen molar-refractivity contribution in [2.45, 2.75) is 56.3 Å². The number of carbonyl (C=O) groups excluding carboxylic acids is 4. The van der Waals surface area contributed by atoms with Crippen LogP contribution in [0.4, 0.5) is 0 Å². The van der Waals surface area contributed by atoms with E-state index in [4.69, 9.17) is 11.5 Å². The summed E-state index contributed by atoms with van der Waals surface area (Å²) in [4.78, 5) is 66.3. The average Bonchev–Trinajstić information content (AvgIpc) is 3.40. The summed E-state index contributed by atoms with van der Waals surface area (Å²) in [7, 11) is 0. The van der Waals surface area contributed by atoms with Crippen LogP contribution >= 0.6 is 11.8 Å². The Morgan fingerprint density at radius 3 is 2.11 bits per heavy atom. The predicted molar refractivity (Wildman–Crippen MR) is 167 cm³/mol. The van der Waals surface area contributed by atoms with Crippen LogP contribution in [0, 0.1) is 0 Å². The Morgan fingerprint density at radius 1 is 0.864 bits per heavy atom. The minimum absolute atomic E-state index is 0.00446. The van der Waals surface area contributed by atoms with Crippen LogP contribution in [0.3, 0.4) is 0 Å². The lowest BCUT2D eigenvalue weighted by molar-refractivity contribution is -0.142. The molecule has 0 saturated heterocycles. The third-order valence-electron chi connectivity index (χ3n) is 7.00. The van der Waals surface area contributed by atoms with E-state index in [1.54, 1.807) is 18.3 Å². The minimum Gasteiger partial charge on any atom is -0.508 e. The SMILES string of the molecule is CSCCC(NC(=O)C(CCC(N)=O)NC(=O)C(N)Cc1ccc(O)cc1)C(=O)NC(Cc1c[nH]c2ccccc12)C(=O)O. The molecule has 0 spiro atoms. The number of hydrogen-bond acceptors (Lipinski definition) is 8. The molecule has 0 aliphatic heterocycles. The van der Waals surface area contributed by atoms with Crippen LogP contribution in [0.25, 0.3) is 10.9 Å². The van der Waals surface area contributed by atoms with Crippen molar-refractivity contribution in [2.75, 3.05) is 12.0 Å². The molecule has 14 heteroatoms. The maximum absolute atomic E-state index is 13.4. The lowest BCUT2D eigenvalue weighted by Crippen LogP contribution is -2.57. The number of primary amides is 1. The first kappa shape index (κ1) is 33.9. The maximum atomic E-state index is 13.4. The van der Waals surface area contributed by atoms with E-state index in [1.807, 2.05) is 30.5 Å². The van der Waals surface area contributed by atoms with Crippen LogP contribution in [-0.4, -0.2) is 81.0 Å². The second kappa shape index (κ2) is 16.3. The van der Waals surface area contributed by atoms with Crippen LogP contribution in [0.5, 0.6) is 5.75 Å². The van der Waals surface area contributed by atoms with Gasteiger partial charge in [-0.15, -0.1) is 0 Å². The smallest absolute Gasteiger partial charge is 0.326 e. The van der Waals surface area contributed by atoms with Gasteiger partial charge in [-0.2, -0.15) is 11.8 Å². The van der Waals surface area contributed by atoms with Gasteiger partial charge in [0.05, 0.1) is 6.04 Å². The fourth-order valence-electron chi connectivity index (χ4n) is 4.58. The summed E-state index contributed by atoms with van der Waals surface area (Å²) in [5, 5.41) is 27.9. The summed E-state index contributed by atoms with van der Waals surface area (Å²) in [5.41, 5.74) is 13.6. The number of aromatic hydroxyl groups is 1. The highest BCUT2D eigenvalue weighted by molar-refractivity contribution is 7.98. The maximum Gasteiger partial charge on any atom is 0.326 e. The lowest BCUT2D eigenvalue weighted by atomic mass is 10.0. The number of benzene rings is 2. The molecule has 236 valence electrons. The van der Waals surface area contributed by atoms with E-state index in [0.717, 1.165) is 10.9 Å². The second-order valence-electron chi connectivity index (χ2n) is 10.3. The Kier molecular flexibility index (Phi) is 12.6. The second-order valence-corrected chi connectivity index (χ2v) is 11.3. The van der Waals surface area contributed by atoms with E-state index in [2.05, 4.69) is 20.9 Å². The van der Waals surface area contributed by atoms with Gasteiger partial charge in [-0.1, -0.05) is 30.3 Å². The van der Waals surface area contributed by atoms with Crippen LogP contribution in [-0.2, 0) is 36.8 Å². The predicted octanol–water partition coefficient (Wildman–Crippen LogP) is 0.544. The van der Waals surface area contributed by atoms with E-state index >= 15 is 0 Å². The summed E-state index contributed by atoms with van der Waals surface area (Å²) in [5.74, 6) is -3.53. The number of nitrogens with one attached hydrogen (secondary N) is 4. The molecule has 44 heavy (non-hydrogen) atoms. The first-order valence-corrected chi connectivity index (χ1v) is 15.4. The van der Waals surface area contributed by atoms with Crippen molar-refractivity contribution in [3.63, 3.8) is 0 Å². The molecule has 1 aromatic heterocycles. The van der Waals surface area contributed by atoms with Crippen LogP contribution < -0.4 is 27.4 Å². The van der Waals surface area contributed by atoms with Crippen LogP contribution in [0.15, 0.2) is 54.7 Å². The first-order chi connectivity index (χ1) is 21.0. The monoisotopic (exact) mass is 626 g/mol. The Morgan fingerprint density at radius 2 is 1.48 bits per heavy atom. The molecule has 3 rings (SSSR count). The van der Waals surface area contributed by atoms with Gasteiger partial charge in [0, 0.05) is 29.9 Å². The highest BCUT2D eigenvalue weighted by Gasteiger charge is 2.31. The number of thioether (sulfide) groups is 1. The molecule has 0 saturated carbocycles. The number of hydrogen-bond donors (Lipinski definition) is 8. The van der Waals surface area contributed by atoms with Crippen molar-refractivity contribution in [3.05, 3.63) is 65.9 Å². The van der Waals surface area contributed by atoms with Gasteiger partial charge >= 0.3 is 5.97 Å². The largest absolute Gasteiger partial charge is 0.508 e. The van der Waals surface area contributed by atoms with Crippen molar-refractivity contribution < 1.29 is 34.2 Å². The molecule has 0 aliphatic rings. The number of rotatable bonds is 17. The molecular formula is C30H38N6O7S. The Bertz CT molecular complexity index is 1460. The van der Waals surface area contributed by atoms with Crippen LogP contribution in [0.1, 0.15) is 30.4 Å². The van der Waals surface area contributed by atoms with Gasteiger partial charge < -0.3 is 42.6 Å². The van der Waals surface area contributed by atoms with Gasteiger partial charge in [-0.3, -0.25) is 19.2 Å². The molecule has 0 radical (unpaired) electrons. The van der Waals surface area contributed by atoms with E-state index in [0.29, 0.717) is 16.9 Å². The van der Waals surface area contributed by atoms with Gasteiger partial charge in [0.25, 0.3) is 0 Å². The molecule has 4 atom stereocenters. The average molecular weight is 627 g/mol. The molecule has 13 nitrogen and oxygen atoms in total. The fraction of sp³-hybridized carbons (Fsp3) is 0.367. The first-order valence-electron chi connectivity index (χ1n) is 14.0. The molecule has 1 heterocycles. The zero-order chi connectivity index (χ0) is 32.2. The number of aliphatic carboxylic acids is 1. The summed E-state index contributed by atoms with van der Waals surface area (Å²) in [6, 6.07) is 8.81. The standard InChI is InChI=1S/C30H38N6O7S/c1-44-13-12-24(29(41)36-25(30(42)43)15-18-16-33-22-5-3-2-4-20(18)22)35-28(40)23(10-11-26(32)38)34-27(39)21(31)14-17-6-8-19(37)9-7-17/h2-9,16,21,23-25,33,37H,10-15,31H2,1H3,(H2,32,38)(H,34,39)(H,35,40)(H,36,41)(H,42,43). The molecule has 2 aromatic carbocycles. The summed E-state index contributed by atoms with van der Waals surface area (Å²) >= 11 is 1.43. The van der Waals surface area contributed by atoms with E-state index in [1.165, 1.54) is 23.9 Å². The quantitative estimate of drug-likeness (QED) is 0.104. The highest BCUT2D eigenvalue weighted by Crippen LogP contribution is 2.19. The van der Waals surface area contributed by atoms with Gasteiger partial charge in [-0.25, -0.2) is 4.79 Å². The van der Waals surface area contributed by atoms with E-state index in [-0.39, 0.29) is 37.9 Å². The van der Waals surface area contributed by atoms with Gasteiger partial charge in [0.1, 0.15) is 23.9 Å². The summed E-state index contributed by atoms with van der Waals surface area (Å²) in [6.45, 7) is 0. The van der Waals surface area contributed by atoms with E-state index < -0.39 is 53.8 Å². The molecule has 0 aliphatic carbocycles. The minimum atomic E-state index is -1.28. The number of aromatic amines is 1. The van der Waals surface area contributed by atoms with Gasteiger partial charge in [0.2, 0.25) is 23.6 Å². The normalized spacial score (nSPS) is 13.8. The molecule has 3 aromatic rings. The number of carbonyl (C=O) groups is 5. The highest BCUT2D eigenvalue weighted by atomic mass is 32.2. The van der Waals surface area contributed by atoms with Crippen molar-refractivity contribution >= 4 is 52.3 Å². The third kappa shape index (κ3) is 10.0. The Labute approximate surface area is 258 Å². The lowest BCUT2D eigenvalue weighted by Gasteiger charge is -2.25. The number of carboxylic acids is 1. The number of nitrogens with two attached hydrogens (primary N) is 2. The Hall–Kier alpha value is -4.56. The number of H-pyrrole nitrogens is 1. The zero-order valence-electron chi connectivity index (χ0n) is 24.2.